The van der Waals surface area contributed by atoms with Crippen molar-refractivity contribution < 1.29 is 22.4 Å². The van der Waals surface area contributed by atoms with Gasteiger partial charge in [0.25, 0.3) is 0 Å². The minimum absolute atomic E-state index is 0.132. The summed E-state index contributed by atoms with van der Waals surface area (Å²) in [6, 6.07) is 25.7. The van der Waals surface area contributed by atoms with E-state index in [4.69, 9.17) is 0 Å². The first-order valence-corrected chi connectivity index (χ1v) is 12.4. The monoisotopic (exact) mass is 509 g/mol. The summed E-state index contributed by atoms with van der Waals surface area (Å²) in [5.74, 6) is 0. The summed E-state index contributed by atoms with van der Waals surface area (Å²) in [4.78, 5) is 2.21. The maximum absolute atomic E-state index is 13.3. The number of fused-ring (bicyclic) bond motifs is 1. The first-order chi connectivity index (χ1) is 13.4. The molecule has 0 N–H and O–H groups in total. The van der Waals surface area contributed by atoms with Gasteiger partial charge in [-0.2, -0.15) is 18.2 Å². The van der Waals surface area contributed by atoms with Crippen molar-refractivity contribution in [2.45, 2.75) is 32.5 Å². The quantitative estimate of drug-likeness (QED) is 0.207. The van der Waals surface area contributed by atoms with E-state index in [1.54, 1.807) is 0 Å². The third-order valence-corrected chi connectivity index (χ3v) is 6.10. The second-order valence-electron chi connectivity index (χ2n) is 6.86. The summed E-state index contributed by atoms with van der Waals surface area (Å²) in [5, 5.41) is 3.44. The Kier molecular flexibility index (Phi) is 12.1. The van der Waals surface area contributed by atoms with E-state index in [0.29, 0.717) is 6.04 Å². The second kappa shape index (κ2) is 13.4. The molecule has 0 heterocycles. The average molecular weight is 510 g/mol. The molecule has 0 aliphatic carbocycles. The van der Waals surface area contributed by atoms with Gasteiger partial charge in [0.05, 0.1) is 0 Å². The standard InChI is InChI=1S/C14H16N.C9H12FP.ClH.Pd/c1-11(15(2)3)13-10-6-8-12-7-4-5-9-14(12)13;1-8(2)11(10)9-6-4-3-5-7-9;;/h4-9,11H,1-3H3;3-8H,1-2H3;1H;/q-1;;;+2/p-1/t2*11-;;/m11../s1. The van der Waals surface area contributed by atoms with Gasteiger partial charge in [-0.25, -0.2) is 4.20 Å². The third kappa shape index (κ3) is 7.55. The molecule has 28 heavy (non-hydrogen) atoms. The summed E-state index contributed by atoms with van der Waals surface area (Å²) in [5.41, 5.74) is 1.41. The molecule has 0 aromatic heterocycles. The first-order valence-electron chi connectivity index (χ1n) is 9.09. The van der Waals surface area contributed by atoms with Crippen molar-refractivity contribution in [3.63, 3.8) is 0 Å². The van der Waals surface area contributed by atoms with Gasteiger partial charge in [0.1, 0.15) is 8.23 Å². The molecule has 0 saturated heterocycles. The minimum atomic E-state index is -1.43. The van der Waals surface area contributed by atoms with E-state index < -0.39 is 8.23 Å². The first kappa shape index (κ1) is 25.2. The van der Waals surface area contributed by atoms with Crippen molar-refractivity contribution >= 4 is 33.8 Å². The molecule has 0 saturated carbocycles. The molecule has 0 radical (unpaired) electrons. The van der Waals surface area contributed by atoms with Gasteiger partial charge in [-0.05, 0) is 21.0 Å². The van der Waals surface area contributed by atoms with Crippen LogP contribution in [0, 0.1) is 6.07 Å². The topological polar surface area (TPSA) is 3.24 Å². The van der Waals surface area contributed by atoms with Gasteiger partial charge in [0, 0.05) is 17.0 Å². The van der Waals surface area contributed by atoms with E-state index in [1.165, 1.54) is 16.3 Å². The molecule has 0 unspecified atom stereocenters. The van der Waals surface area contributed by atoms with Gasteiger partial charge < -0.3 is 4.90 Å². The predicted molar refractivity (Wildman–Crippen MR) is 120 cm³/mol. The Morgan fingerprint density at radius 2 is 1.50 bits per heavy atom. The summed E-state index contributed by atoms with van der Waals surface area (Å²) in [6.07, 6.45) is 0. The molecule has 0 amide bonds. The van der Waals surface area contributed by atoms with Crippen LogP contribution in [0.3, 0.4) is 0 Å². The molecule has 0 aliphatic rings. The Bertz CT molecular complexity index is 809. The van der Waals surface area contributed by atoms with Crippen LogP contribution in [-0.4, -0.2) is 24.7 Å². The van der Waals surface area contributed by atoms with Gasteiger partial charge in [-0.3, -0.25) is 0 Å². The molecule has 0 aliphatic heterocycles. The van der Waals surface area contributed by atoms with Crippen LogP contribution >= 0.6 is 17.8 Å². The zero-order valence-electron chi connectivity index (χ0n) is 17.0. The van der Waals surface area contributed by atoms with E-state index in [-0.39, 0.29) is 5.66 Å². The van der Waals surface area contributed by atoms with E-state index in [0.717, 1.165) is 5.30 Å². The van der Waals surface area contributed by atoms with Crippen molar-refractivity contribution in [3.8, 4) is 0 Å². The molecule has 5 heteroatoms. The second-order valence-corrected chi connectivity index (χ2v) is 9.03. The molecule has 0 fully saturated rings. The Morgan fingerprint density at radius 3 is 2.07 bits per heavy atom. The fraction of sp³-hybridized carbons (Fsp3) is 0.304. The Balaban J connectivity index is 0.000000268. The van der Waals surface area contributed by atoms with Gasteiger partial charge >= 0.3 is 27.7 Å². The summed E-state index contributed by atoms with van der Waals surface area (Å²) >= 11 is 2.22. The van der Waals surface area contributed by atoms with Crippen molar-refractivity contribution in [1.29, 1.82) is 0 Å². The van der Waals surface area contributed by atoms with Gasteiger partial charge in [-0.15, -0.1) is 22.4 Å². The van der Waals surface area contributed by atoms with Crippen molar-refractivity contribution in [1.82, 2.24) is 4.90 Å². The molecule has 154 valence electrons. The van der Waals surface area contributed by atoms with E-state index in [1.807, 2.05) is 50.2 Å². The van der Waals surface area contributed by atoms with Crippen LogP contribution in [0.15, 0.2) is 66.7 Å². The Hall–Kier alpha value is -0.808. The average Bonchev–Trinajstić information content (AvgIpc) is 2.74. The molecule has 3 aromatic rings. The Morgan fingerprint density at radius 1 is 0.929 bits per heavy atom. The summed E-state index contributed by atoms with van der Waals surface area (Å²) in [6.45, 7) is 6.04. The molecule has 0 spiro atoms. The number of benzene rings is 3. The van der Waals surface area contributed by atoms with Crippen LogP contribution in [-0.2, 0) is 18.2 Å². The maximum atomic E-state index is 13.3. The van der Waals surface area contributed by atoms with Crippen LogP contribution < -0.4 is 5.30 Å². The molecule has 1 nitrogen and oxygen atoms in total. The van der Waals surface area contributed by atoms with Crippen LogP contribution in [0.2, 0.25) is 0 Å². The fourth-order valence-electron chi connectivity index (χ4n) is 2.66. The normalized spacial score (nSPS) is 12.7. The van der Waals surface area contributed by atoms with Gasteiger partial charge in [-0.1, -0.05) is 62.4 Å². The number of halogens is 2. The van der Waals surface area contributed by atoms with Crippen molar-refractivity contribution in [2.75, 3.05) is 14.1 Å². The molecular weight excluding hydrogens is 482 g/mol. The Labute approximate surface area is 185 Å². The molecule has 0 bridgehead atoms. The van der Waals surface area contributed by atoms with Crippen molar-refractivity contribution in [2.24, 2.45) is 0 Å². The van der Waals surface area contributed by atoms with Crippen LogP contribution in [0.25, 0.3) is 10.8 Å². The molecule has 3 aromatic carbocycles. The number of hydrogen-bond donors (Lipinski definition) is 0. The van der Waals surface area contributed by atoms with E-state index in [2.05, 4.69) is 90.0 Å². The van der Waals surface area contributed by atoms with Crippen LogP contribution in [0.4, 0.5) is 4.20 Å². The van der Waals surface area contributed by atoms with E-state index >= 15 is 0 Å². The van der Waals surface area contributed by atoms with Crippen molar-refractivity contribution in [3.05, 3.63) is 78.4 Å². The number of nitrogens with zero attached hydrogens (tertiary/aromatic N) is 1. The molecule has 2 atom stereocenters. The predicted octanol–water partition coefficient (Wildman–Crippen LogP) is 7.04. The molecule has 3 rings (SSSR count). The van der Waals surface area contributed by atoms with Crippen LogP contribution in [0.1, 0.15) is 32.4 Å². The SMILES string of the molecule is CC(C)[P@@](F)c1ccccc1.C[C@H](c1[c-]ccc2ccccc12)N(C)C.[Cl][Pd+]. The number of rotatable bonds is 4. The third-order valence-electron chi connectivity index (χ3n) is 4.40. The zero-order valence-corrected chi connectivity index (χ0v) is 20.2. The van der Waals surface area contributed by atoms with Crippen LogP contribution in [0.5, 0.6) is 0 Å². The number of hydrogen-bond acceptors (Lipinski definition) is 1. The summed E-state index contributed by atoms with van der Waals surface area (Å²) < 4.78 is 13.3. The molecular formula is C23H28ClFNPPd. The fourth-order valence-corrected chi connectivity index (χ4v) is 3.71. The summed E-state index contributed by atoms with van der Waals surface area (Å²) in [7, 11) is 7.25. The van der Waals surface area contributed by atoms with Gasteiger partial charge in [0.2, 0.25) is 0 Å². The van der Waals surface area contributed by atoms with Gasteiger partial charge in [0.15, 0.2) is 0 Å². The van der Waals surface area contributed by atoms with E-state index in [9.17, 15) is 4.20 Å². The zero-order chi connectivity index (χ0) is 21.1.